The van der Waals surface area contributed by atoms with Crippen molar-refractivity contribution in [2.45, 2.75) is 31.1 Å². The number of thioether (sulfide) groups is 1. The Bertz CT molecular complexity index is 796. The van der Waals surface area contributed by atoms with Crippen LogP contribution in [0.1, 0.15) is 26.3 Å². The highest BCUT2D eigenvalue weighted by atomic mass is 32.2. The van der Waals surface area contributed by atoms with Crippen molar-refractivity contribution in [1.82, 2.24) is 4.90 Å². The van der Waals surface area contributed by atoms with Gasteiger partial charge in [-0.1, -0.05) is 32.9 Å². The van der Waals surface area contributed by atoms with Crippen molar-refractivity contribution >= 4 is 28.6 Å². The van der Waals surface area contributed by atoms with Gasteiger partial charge in [-0.3, -0.25) is 9.59 Å². The first-order chi connectivity index (χ1) is 12.6. The summed E-state index contributed by atoms with van der Waals surface area (Å²) in [4.78, 5) is 26.1. The van der Waals surface area contributed by atoms with Crippen molar-refractivity contribution in [3.8, 4) is 5.75 Å². The lowest BCUT2D eigenvalue weighted by Crippen LogP contribution is -2.20. The van der Waals surface area contributed by atoms with Gasteiger partial charge in [-0.15, -0.1) is 0 Å². The van der Waals surface area contributed by atoms with Gasteiger partial charge in [0.05, 0.1) is 0 Å². The van der Waals surface area contributed by atoms with Crippen LogP contribution >= 0.6 is 11.8 Å². The van der Waals surface area contributed by atoms with Gasteiger partial charge in [0.25, 0.3) is 11.1 Å². The molecule has 0 unspecified atom stereocenters. The average Bonchev–Trinajstić information content (AvgIpc) is 2.61. The molecule has 0 spiro atoms. The van der Waals surface area contributed by atoms with Crippen molar-refractivity contribution in [3.05, 3.63) is 54.1 Å². The molecule has 5 nitrogen and oxygen atoms in total. The van der Waals surface area contributed by atoms with Gasteiger partial charge in [0.2, 0.25) is 0 Å². The van der Waals surface area contributed by atoms with E-state index in [1.165, 1.54) is 4.90 Å². The molecule has 0 aliphatic carbocycles. The van der Waals surface area contributed by atoms with Crippen molar-refractivity contribution in [1.29, 1.82) is 0 Å². The van der Waals surface area contributed by atoms with Crippen molar-refractivity contribution in [2.75, 3.05) is 26.0 Å². The molecule has 0 heterocycles. The maximum atomic E-state index is 12.1. The van der Waals surface area contributed by atoms with Crippen LogP contribution in [0.2, 0.25) is 0 Å². The van der Waals surface area contributed by atoms with Gasteiger partial charge in [0, 0.05) is 24.7 Å². The van der Waals surface area contributed by atoms with Gasteiger partial charge in [-0.25, -0.2) is 0 Å². The number of hydrogen-bond acceptors (Lipinski definition) is 4. The number of nitrogens with one attached hydrogen (secondary N) is 1. The summed E-state index contributed by atoms with van der Waals surface area (Å²) < 4.78 is 5.61. The van der Waals surface area contributed by atoms with Gasteiger partial charge in [0.15, 0.2) is 6.61 Å². The van der Waals surface area contributed by atoms with Crippen LogP contribution in [0, 0.1) is 0 Å². The second-order valence-electron chi connectivity index (χ2n) is 7.40. The maximum Gasteiger partial charge on any atom is 0.285 e. The number of ether oxygens (including phenoxy) is 1. The van der Waals surface area contributed by atoms with Crippen molar-refractivity contribution in [2.24, 2.45) is 0 Å². The van der Waals surface area contributed by atoms with E-state index >= 15 is 0 Å². The largest absolute Gasteiger partial charge is 0.484 e. The second-order valence-corrected chi connectivity index (χ2v) is 8.43. The molecule has 0 atom stereocenters. The Kier molecular flexibility index (Phi) is 6.91. The zero-order chi connectivity index (χ0) is 20.0. The zero-order valence-electron chi connectivity index (χ0n) is 16.4. The second kappa shape index (κ2) is 8.95. The van der Waals surface area contributed by atoms with Gasteiger partial charge >= 0.3 is 0 Å². The molecule has 0 aliphatic heterocycles. The Labute approximate surface area is 165 Å². The molecule has 2 aromatic rings. The zero-order valence-corrected chi connectivity index (χ0v) is 17.2. The number of benzene rings is 2. The topological polar surface area (TPSA) is 58.6 Å². The molecule has 1 N–H and O–H groups in total. The molecule has 0 saturated heterocycles. The lowest BCUT2D eigenvalue weighted by Gasteiger charge is -2.19. The molecule has 6 heteroatoms. The maximum absolute atomic E-state index is 12.1. The summed E-state index contributed by atoms with van der Waals surface area (Å²) >= 11 is 1.14. The van der Waals surface area contributed by atoms with E-state index in [9.17, 15) is 9.59 Å². The SMILES string of the molecule is CN(C)C(=O)Sc1ccc(NC(=O)COc2cccc(C(C)(C)C)c2)cc1. The first kappa shape index (κ1) is 20.8. The monoisotopic (exact) mass is 386 g/mol. The molecule has 0 bridgehead atoms. The first-order valence-electron chi connectivity index (χ1n) is 8.67. The molecular formula is C21H26N2O3S. The number of carbonyl (C=O) groups is 2. The van der Waals surface area contributed by atoms with Crippen LogP contribution in [0.5, 0.6) is 5.75 Å². The van der Waals surface area contributed by atoms with E-state index in [4.69, 9.17) is 4.74 Å². The summed E-state index contributed by atoms with van der Waals surface area (Å²) in [7, 11) is 3.42. The van der Waals surface area contributed by atoms with Crippen LogP contribution in [0.4, 0.5) is 10.5 Å². The van der Waals surface area contributed by atoms with E-state index in [-0.39, 0.29) is 23.2 Å². The third kappa shape index (κ3) is 6.64. The Balaban J connectivity index is 1.88. The van der Waals surface area contributed by atoms with Crippen molar-refractivity contribution < 1.29 is 14.3 Å². The van der Waals surface area contributed by atoms with E-state index in [1.54, 1.807) is 38.4 Å². The minimum absolute atomic E-state index is 0.0232. The Morgan fingerprint density at radius 3 is 2.33 bits per heavy atom. The Morgan fingerprint density at radius 1 is 1.07 bits per heavy atom. The highest BCUT2D eigenvalue weighted by Crippen LogP contribution is 2.26. The number of nitrogens with zero attached hydrogens (tertiary/aromatic N) is 1. The van der Waals surface area contributed by atoms with Crippen LogP contribution in [-0.4, -0.2) is 36.7 Å². The van der Waals surface area contributed by atoms with Crippen LogP contribution in [0.15, 0.2) is 53.4 Å². The van der Waals surface area contributed by atoms with E-state index < -0.39 is 0 Å². The number of rotatable bonds is 5. The van der Waals surface area contributed by atoms with E-state index in [1.807, 2.05) is 24.3 Å². The summed E-state index contributed by atoms with van der Waals surface area (Å²) in [5.41, 5.74) is 1.84. The molecule has 0 saturated carbocycles. The highest BCUT2D eigenvalue weighted by Gasteiger charge is 2.14. The normalized spacial score (nSPS) is 11.0. The fourth-order valence-electron chi connectivity index (χ4n) is 2.20. The Morgan fingerprint density at radius 2 is 1.74 bits per heavy atom. The molecule has 27 heavy (non-hydrogen) atoms. The van der Waals surface area contributed by atoms with Crippen LogP contribution in [-0.2, 0) is 10.2 Å². The first-order valence-corrected chi connectivity index (χ1v) is 9.49. The van der Waals surface area contributed by atoms with Crippen LogP contribution < -0.4 is 10.1 Å². The molecule has 0 aromatic heterocycles. The van der Waals surface area contributed by atoms with Crippen molar-refractivity contribution in [3.63, 3.8) is 0 Å². The van der Waals surface area contributed by atoms with Gasteiger partial charge in [-0.2, -0.15) is 0 Å². The summed E-state index contributed by atoms with van der Waals surface area (Å²) in [6.45, 7) is 6.33. The molecule has 2 aromatic carbocycles. The fourth-order valence-corrected chi connectivity index (χ4v) is 2.85. The average molecular weight is 387 g/mol. The smallest absolute Gasteiger partial charge is 0.285 e. The van der Waals surface area contributed by atoms with Gasteiger partial charge in [-0.05, 0) is 59.1 Å². The predicted octanol–water partition coefficient (Wildman–Crippen LogP) is 4.78. The van der Waals surface area contributed by atoms with E-state index in [0.717, 1.165) is 22.2 Å². The standard InChI is InChI=1S/C21H26N2O3S/c1-21(2,3)15-7-6-8-17(13-15)26-14-19(24)22-16-9-11-18(12-10-16)27-20(25)23(4)5/h6-13H,14H2,1-5H3,(H,22,24). The number of hydrogen-bond donors (Lipinski definition) is 1. The molecule has 2 rings (SSSR count). The van der Waals surface area contributed by atoms with E-state index in [0.29, 0.717) is 11.4 Å². The third-order valence-corrected chi connectivity index (χ3v) is 4.83. The van der Waals surface area contributed by atoms with Crippen LogP contribution in [0.3, 0.4) is 0 Å². The summed E-state index contributed by atoms with van der Waals surface area (Å²) in [6.07, 6.45) is 0. The Hall–Kier alpha value is -2.47. The molecule has 2 amide bonds. The molecule has 144 valence electrons. The highest BCUT2D eigenvalue weighted by molar-refractivity contribution is 8.13. The lowest BCUT2D eigenvalue weighted by molar-refractivity contribution is -0.118. The van der Waals surface area contributed by atoms with Crippen LogP contribution in [0.25, 0.3) is 0 Å². The molecular weight excluding hydrogens is 360 g/mol. The minimum atomic E-state index is -0.235. The van der Waals surface area contributed by atoms with E-state index in [2.05, 4.69) is 26.1 Å². The fraction of sp³-hybridized carbons (Fsp3) is 0.333. The number of anilines is 1. The quantitative estimate of drug-likeness (QED) is 0.752. The lowest BCUT2D eigenvalue weighted by atomic mass is 9.87. The molecule has 0 radical (unpaired) electrons. The van der Waals surface area contributed by atoms with Gasteiger partial charge in [0.1, 0.15) is 5.75 Å². The third-order valence-electron chi connectivity index (χ3n) is 3.78. The van der Waals surface area contributed by atoms with Gasteiger partial charge < -0.3 is 15.0 Å². The predicted molar refractivity (Wildman–Crippen MR) is 111 cm³/mol. The number of carbonyl (C=O) groups excluding carboxylic acids is 2. The minimum Gasteiger partial charge on any atom is -0.484 e. The molecule has 0 fully saturated rings. The number of amides is 2. The summed E-state index contributed by atoms with van der Waals surface area (Å²) in [6, 6.07) is 14.9. The summed E-state index contributed by atoms with van der Waals surface area (Å²) in [5, 5.41) is 2.75. The molecule has 0 aliphatic rings. The summed E-state index contributed by atoms with van der Waals surface area (Å²) in [5.74, 6) is 0.437.